The number of aromatic nitrogens is 2. The maximum atomic E-state index is 13.1. The second kappa shape index (κ2) is 10.6. The molecule has 0 unspecified atom stereocenters. The number of nitrogens with zero attached hydrogens (tertiary/aromatic N) is 4. The normalized spacial score (nSPS) is 21.2. The fourth-order valence-electron chi connectivity index (χ4n) is 5.73. The molecule has 2 aliphatic heterocycles. The van der Waals surface area contributed by atoms with Crippen LogP contribution in [0.5, 0.6) is 0 Å². The van der Waals surface area contributed by atoms with E-state index in [0.717, 1.165) is 48.6 Å². The van der Waals surface area contributed by atoms with Gasteiger partial charge in [-0.15, -0.1) is 0 Å². The molecule has 176 valence electrons. The molecule has 33 heavy (non-hydrogen) atoms. The molecule has 0 bridgehead atoms. The molecule has 1 aromatic carbocycles. The van der Waals surface area contributed by atoms with Crippen molar-refractivity contribution in [3.63, 3.8) is 0 Å². The highest BCUT2D eigenvalue weighted by molar-refractivity contribution is 5.94. The summed E-state index contributed by atoms with van der Waals surface area (Å²) in [5, 5.41) is 3.58. The van der Waals surface area contributed by atoms with Crippen molar-refractivity contribution < 1.29 is 4.79 Å². The van der Waals surface area contributed by atoms with Crippen LogP contribution in [0, 0.1) is 0 Å². The molecule has 3 heterocycles. The minimum absolute atomic E-state index is 0.154. The van der Waals surface area contributed by atoms with Crippen LogP contribution in [-0.4, -0.2) is 63.9 Å². The summed E-state index contributed by atoms with van der Waals surface area (Å²) in [6.45, 7) is 4.20. The second-order valence-corrected chi connectivity index (χ2v) is 9.97. The molecule has 1 aliphatic carbocycles. The third-order valence-electron chi connectivity index (χ3n) is 7.71. The highest BCUT2D eigenvalue weighted by Crippen LogP contribution is 2.25. The molecule has 6 nitrogen and oxygen atoms in total. The number of rotatable bonds is 5. The first-order valence-electron chi connectivity index (χ1n) is 13.0. The van der Waals surface area contributed by atoms with E-state index in [1.165, 1.54) is 64.5 Å². The van der Waals surface area contributed by atoms with E-state index in [4.69, 9.17) is 0 Å². The summed E-state index contributed by atoms with van der Waals surface area (Å²) in [5.41, 5.74) is 2.68. The molecule has 0 atom stereocenters. The molecule has 3 aliphatic rings. The predicted octanol–water partition coefficient (Wildman–Crippen LogP) is 4.98. The Morgan fingerprint density at radius 3 is 2.24 bits per heavy atom. The number of hydrogen-bond donors (Lipinski definition) is 1. The largest absolute Gasteiger partial charge is 0.367 e. The van der Waals surface area contributed by atoms with Crippen LogP contribution in [-0.2, 0) is 0 Å². The van der Waals surface area contributed by atoms with Crippen molar-refractivity contribution >= 4 is 11.7 Å². The van der Waals surface area contributed by atoms with Gasteiger partial charge >= 0.3 is 0 Å². The molecule has 1 N–H and O–H groups in total. The highest BCUT2D eigenvalue weighted by atomic mass is 16.2. The van der Waals surface area contributed by atoms with Crippen LogP contribution >= 0.6 is 0 Å². The number of hydrogen-bond acceptors (Lipinski definition) is 5. The molecule has 0 radical (unpaired) electrons. The lowest BCUT2D eigenvalue weighted by molar-refractivity contribution is 0.0590. The zero-order valence-corrected chi connectivity index (χ0v) is 19.7. The number of carbonyl (C=O) groups is 1. The lowest BCUT2D eigenvalue weighted by Crippen LogP contribution is -2.48. The third kappa shape index (κ3) is 5.55. The minimum Gasteiger partial charge on any atom is -0.367 e. The molecule has 5 rings (SSSR count). The van der Waals surface area contributed by atoms with Gasteiger partial charge in [-0.2, -0.15) is 0 Å². The van der Waals surface area contributed by atoms with Gasteiger partial charge < -0.3 is 15.1 Å². The van der Waals surface area contributed by atoms with Gasteiger partial charge in [0.2, 0.25) is 0 Å². The highest BCUT2D eigenvalue weighted by Gasteiger charge is 2.28. The van der Waals surface area contributed by atoms with E-state index in [9.17, 15) is 4.79 Å². The average Bonchev–Trinajstić information content (AvgIpc) is 2.90. The molecule has 1 saturated carbocycles. The van der Waals surface area contributed by atoms with Crippen LogP contribution in [0.25, 0.3) is 11.3 Å². The number of nitrogens with one attached hydrogen (secondary N) is 1. The Balaban J connectivity index is 1.18. The zero-order chi connectivity index (χ0) is 22.5. The first-order valence-corrected chi connectivity index (χ1v) is 13.0. The number of anilines is 1. The smallest absolute Gasteiger partial charge is 0.253 e. The predicted molar refractivity (Wildman–Crippen MR) is 132 cm³/mol. The lowest BCUT2D eigenvalue weighted by atomic mass is 9.95. The maximum Gasteiger partial charge on any atom is 0.253 e. The van der Waals surface area contributed by atoms with Gasteiger partial charge in [0.1, 0.15) is 12.1 Å². The number of likely N-dealkylation sites (tertiary alicyclic amines) is 2. The van der Waals surface area contributed by atoms with Crippen LogP contribution in [0.1, 0.15) is 74.6 Å². The van der Waals surface area contributed by atoms with E-state index in [1.807, 2.05) is 35.2 Å². The van der Waals surface area contributed by atoms with Gasteiger partial charge in [0, 0.05) is 42.4 Å². The second-order valence-electron chi connectivity index (χ2n) is 9.97. The van der Waals surface area contributed by atoms with Crippen molar-refractivity contribution in [1.82, 2.24) is 19.8 Å². The average molecular weight is 448 g/mol. The van der Waals surface area contributed by atoms with Crippen molar-refractivity contribution in [2.24, 2.45) is 0 Å². The van der Waals surface area contributed by atoms with Crippen LogP contribution in [0.2, 0.25) is 0 Å². The van der Waals surface area contributed by atoms with Crippen molar-refractivity contribution in [1.29, 1.82) is 0 Å². The molecule has 1 aromatic heterocycles. The summed E-state index contributed by atoms with van der Waals surface area (Å²) in [4.78, 5) is 26.7. The SMILES string of the molecule is O=C(c1ccc(-c2cc(NC3CCCCC3)ncn2)cc1)N1CCC(N2CCCCC2)CC1. The summed E-state index contributed by atoms with van der Waals surface area (Å²) in [6.07, 6.45) is 14.2. The van der Waals surface area contributed by atoms with Gasteiger partial charge in [-0.3, -0.25) is 4.79 Å². The Labute approximate surface area is 197 Å². The van der Waals surface area contributed by atoms with Gasteiger partial charge in [-0.1, -0.05) is 37.8 Å². The van der Waals surface area contributed by atoms with E-state index in [2.05, 4.69) is 20.2 Å². The maximum absolute atomic E-state index is 13.1. The van der Waals surface area contributed by atoms with E-state index in [0.29, 0.717) is 12.1 Å². The topological polar surface area (TPSA) is 61.4 Å². The number of benzene rings is 1. The summed E-state index contributed by atoms with van der Waals surface area (Å²) in [6, 6.07) is 11.1. The Kier molecular flexibility index (Phi) is 7.20. The van der Waals surface area contributed by atoms with E-state index < -0.39 is 0 Å². The van der Waals surface area contributed by atoms with Gasteiger partial charge in [0.25, 0.3) is 5.91 Å². The molecule has 2 saturated heterocycles. The van der Waals surface area contributed by atoms with Crippen molar-refractivity contribution in [3.05, 3.63) is 42.2 Å². The molecule has 2 aromatic rings. The molecule has 6 heteroatoms. The monoisotopic (exact) mass is 447 g/mol. The molecule has 1 amide bonds. The lowest BCUT2D eigenvalue weighted by Gasteiger charge is -2.40. The van der Waals surface area contributed by atoms with Gasteiger partial charge in [0.15, 0.2) is 0 Å². The Hall–Kier alpha value is -2.47. The fourth-order valence-corrected chi connectivity index (χ4v) is 5.73. The van der Waals surface area contributed by atoms with Gasteiger partial charge in [0.05, 0.1) is 5.69 Å². The Morgan fingerprint density at radius 2 is 1.52 bits per heavy atom. The first-order chi connectivity index (χ1) is 16.3. The summed E-state index contributed by atoms with van der Waals surface area (Å²) < 4.78 is 0. The van der Waals surface area contributed by atoms with Crippen LogP contribution < -0.4 is 5.32 Å². The van der Waals surface area contributed by atoms with Crippen molar-refractivity contribution in [2.75, 3.05) is 31.5 Å². The standard InChI is InChI=1S/C27H37N5O/c33-27(32-17-13-24(14-18-32)31-15-5-2-6-16-31)22-11-9-21(10-12-22)25-19-26(29-20-28-25)30-23-7-3-1-4-8-23/h9-12,19-20,23-24H,1-8,13-18H2,(H,28,29,30). The van der Waals surface area contributed by atoms with Crippen molar-refractivity contribution in [3.8, 4) is 11.3 Å². The summed E-state index contributed by atoms with van der Waals surface area (Å²) in [7, 11) is 0. The van der Waals surface area contributed by atoms with Crippen LogP contribution in [0.15, 0.2) is 36.7 Å². The zero-order valence-electron chi connectivity index (χ0n) is 19.7. The molecule has 3 fully saturated rings. The number of piperidine rings is 2. The summed E-state index contributed by atoms with van der Waals surface area (Å²) >= 11 is 0. The molecule has 0 spiro atoms. The van der Waals surface area contributed by atoms with Gasteiger partial charge in [-0.25, -0.2) is 9.97 Å². The van der Waals surface area contributed by atoms with E-state index in [-0.39, 0.29) is 5.91 Å². The Morgan fingerprint density at radius 1 is 0.818 bits per heavy atom. The minimum atomic E-state index is 0.154. The number of amides is 1. The molecular formula is C27H37N5O. The van der Waals surface area contributed by atoms with E-state index in [1.54, 1.807) is 6.33 Å². The van der Waals surface area contributed by atoms with Crippen LogP contribution in [0.4, 0.5) is 5.82 Å². The van der Waals surface area contributed by atoms with Crippen LogP contribution in [0.3, 0.4) is 0 Å². The third-order valence-corrected chi connectivity index (χ3v) is 7.71. The fraction of sp³-hybridized carbons (Fsp3) is 0.593. The first kappa shape index (κ1) is 22.3. The van der Waals surface area contributed by atoms with Crippen molar-refractivity contribution in [2.45, 2.75) is 76.3 Å². The van der Waals surface area contributed by atoms with E-state index >= 15 is 0 Å². The molecular weight excluding hydrogens is 410 g/mol. The quantitative estimate of drug-likeness (QED) is 0.701. The summed E-state index contributed by atoms with van der Waals surface area (Å²) in [5.74, 6) is 1.05. The number of carbonyl (C=O) groups excluding carboxylic acids is 1. The Bertz CT molecular complexity index is 910. The van der Waals surface area contributed by atoms with Gasteiger partial charge in [-0.05, 0) is 63.7 Å².